The van der Waals surface area contributed by atoms with Crippen molar-refractivity contribution < 1.29 is 26.4 Å². The maximum Gasteiger partial charge on any atom is 0.418 e. The highest BCUT2D eigenvalue weighted by Gasteiger charge is 2.40. The van der Waals surface area contributed by atoms with E-state index in [1.807, 2.05) is 4.72 Å². The molecule has 0 unspecified atom stereocenters. The molecule has 1 aromatic carbocycles. The number of hydrogen-bond acceptors (Lipinski definition) is 3. The Labute approximate surface area is 125 Å². The highest BCUT2D eigenvalue weighted by atomic mass is 32.2. The van der Waals surface area contributed by atoms with Crippen molar-refractivity contribution in [1.82, 2.24) is 9.44 Å². The van der Waals surface area contributed by atoms with Gasteiger partial charge in [-0.3, -0.25) is 4.79 Å². The van der Waals surface area contributed by atoms with Gasteiger partial charge in [0.2, 0.25) is 5.91 Å². The molecular weight excluding hydrogens is 323 g/mol. The molecule has 2 rings (SSSR count). The van der Waals surface area contributed by atoms with Gasteiger partial charge in [-0.25, -0.2) is 4.72 Å². The summed E-state index contributed by atoms with van der Waals surface area (Å²) in [6, 6.07) is 3.61. The van der Waals surface area contributed by atoms with Gasteiger partial charge in [-0.2, -0.15) is 26.3 Å². The van der Waals surface area contributed by atoms with Gasteiger partial charge in [0.25, 0.3) is 10.2 Å². The second-order valence-corrected chi connectivity index (χ2v) is 6.32. The van der Waals surface area contributed by atoms with E-state index in [-0.39, 0.29) is 18.7 Å². The Morgan fingerprint density at radius 1 is 1.27 bits per heavy atom. The highest BCUT2D eigenvalue weighted by molar-refractivity contribution is 7.87. The average Bonchev–Trinajstić information content (AvgIpc) is 2.79. The predicted octanol–water partition coefficient (Wildman–Crippen LogP) is 0.865. The topological polar surface area (TPSA) is 78.5 Å². The Bertz CT molecular complexity index is 676. The quantitative estimate of drug-likeness (QED) is 0.856. The Balaban J connectivity index is 2.28. The molecule has 2 N–H and O–H groups in total. The summed E-state index contributed by atoms with van der Waals surface area (Å²) < 4.78 is 65.9. The standard InChI is InChI=1S/C12H14F3N3O3S/c1-16-22(20,21)17-9-6-7-18(11(9)19)10-5-3-2-4-8(10)12(13,14)15/h2-5,9,16-17H,6-7H2,1H3/t9-/m0/s1. The largest absolute Gasteiger partial charge is 0.418 e. The first-order valence-electron chi connectivity index (χ1n) is 6.34. The fourth-order valence-electron chi connectivity index (χ4n) is 2.22. The van der Waals surface area contributed by atoms with Gasteiger partial charge in [0.15, 0.2) is 0 Å². The molecule has 10 heteroatoms. The van der Waals surface area contributed by atoms with Crippen LogP contribution in [0.15, 0.2) is 24.3 Å². The molecule has 0 aromatic heterocycles. The number of amides is 1. The van der Waals surface area contributed by atoms with Crippen molar-refractivity contribution in [3.8, 4) is 0 Å². The molecule has 0 radical (unpaired) electrons. The zero-order chi connectivity index (χ0) is 16.5. The van der Waals surface area contributed by atoms with Crippen LogP contribution in [0.1, 0.15) is 12.0 Å². The maximum atomic E-state index is 13.0. The van der Waals surface area contributed by atoms with Gasteiger partial charge in [-0.15, -0.1) is 0 Å². The second-order valence-electron chi connectivity index (χ2n) is 4.67. The monoisotopic (exact) mass is 337 g/mol. The van der Waals surface area contributed by atoms with Crippen molar-refractivity contribution >= 4 is 21.8 Å². The number of alkyl halides is 3. The minimum atomic E-state index is -4.60. The lowest BCUT2D eigenvalue weighted by molar-refractivity contribution is -0.137. The Morgan fingerprint density at radius 3 is 2.50 bits per heavy atom. The van der Waals surface area contributed by atoms with Crippen molar-refractivity contribution in [2.24, 2.45) is 0 Å². The summed E-state index contributed by atoms with van der Waals surface area (Å²) in [5.74, 6) is -0.712. The average molecular weight is 337 g/mol. The SMILES string of the molecule is CNS(=O)(=O)N[C@H]1CCN(c2ccccc2C(F)(F)F)C1=O. The molecule has 1 aromatic rings. The third-order valence-corrected chi connectivity index (χ3v) is 4.40. The van der Waals surface area contributed by atoms with Crippen LogP contribution in [0.2, 0.25) is 0 Å². The van der Waals surface area contributed by atoms with Gasteiger partial charge < -0.3 is 4.90 Å². The van der Waals surface area contributed by atoms with E-state index in [9.17, 15) is 26.4 Å². The minimum absolute atomic E-state index is 0.00281. The zero-order valence-corrected chi connectivity index (χ0v) is 12.3. The fourth-order valence-corrected chi connectivity index (χ4v) is 2.93. The summed E-state index contributed by atoms with van der Waals surface area (Å²) in [4.78, 5) is 13.1. The summed E-state index contributed by atoms with van der Waals surface area (Å²) in [5, 5.41) is 0. The maximum absolute atomic E-state index is 13.0. The number of para-hydroxylation sites is 1. The van der Waals surface area contributed by atoms with Crippen LogP contribution in [0.3, 0.4) is 0 Å². The lowest BCUT2D eigenvalue weighted by Gasteiger charge is -2.21. The van der Waals surface area contributed by atoms with Crippen LogP contribution >= 0.6 is 0 Å². The van der Waals surface area contributed by atoms with Crippen LogP contribution < -0.4 is 14.3 Å². The first-order valence-corrected chi connectivity index (χ1v) is 7.82. The molecule has 1 saturated heterocycles. The number of benzene rings is 1. The molecule has 1 aliphatic rings. The second kappa shape index (κ2) is 5.86. The fraction of sp³-hybridized carbons (Fsp3) is 0.417. The van der Waals surface area contributed by atoms with E-state index < -0.39 is 33.9 Å². The van der Waals surface area contributed by atoms with Gasteiger partial charge in [-0.05, 0) is 18.6 Å². The molecule has 0 aliphatic carbocycles. The smallest absolute Gasteiger partial charge is 0.310 e. The van der Waals surface area contributed by atoms with Crippen LogP contribution in [0.25, 0.3) is 0 Å². The Hall–Kier alpha value is -1.65. The van der Waals surface area contributed by atoms with E-state index in [1.54, 1.807) is 0 Å². The lowest BCUT2D eigenvalue weighted by atomic mass is 10.1. The molecule has 22 heavy (non-hydrogen) atoms. The van der Waals surface area contributed by atoms with Crippen LogP contribution in [-0.2, 0) is 21.2 Å². The van der Waals surface area contributed by atoms with Crippen LogP contribution in [0.4, 0.5) is 18.9 Å². The summed E-state index contributed by atoms with van der Waals surface area (Å²) in [7, 11) is -2.68. The van der Waals surface area contributed by atoms with Gasteiger partial charge >= 0.3 is 6.18 Å². The lowest BCUT2D eigenvalue weighted by Crippen LogP contribution is -2.45. The molecule has 6 nitrogen and oxygen atoms in total. The van der Waals surface area contributed by atoms with Crippen LogP contribution in [0, 0.1) is 0 Å². The normalized spacial score (nSPS) is 19.7. The molecule has 0 spiro atoms. The van der Waals surface area contributed by atoms with E-state index >= 15 is 0 Å². The molecule has 1 atom stereocenters. The van der Waals surface area contributed by atoms with E-state index in [0.29, 0.717) is 0 Å². The number of nitrogens with one attached hydrogen (secondary N) is 2. The number of rotatable bonds is 4. The van der Waals surface area contributed by atoms with Crippen LogP contribution in [0.5, 0.6) is 0 Å². The molecule has 122 valence electrons. The first kappa shape index (κ1) is 16.7. The van der Waals surface area contributed by atoms with Gasteiger partial charge in [0.05, 0.1) is 11.3 Å². The van der Waals surface area contributed by atoms with Crippen LogP contribution in [-0.4, -0.2) is 34.0 Å². The number of nitrogens with zero attached hydrogens (tertiary/aromatic N) is 1. The number of carbonyl (C=O) groups is 1. The number of halogens is 3. The molecule has 1 fully saturated rings. The number of hydrogen-bond donors (Lipinski definition) is 2. The van der Waals surface area contributed by atoms with Crippen molar-refractivity contribution in [2.45, 2.75) is 18.6 Å². The summed E-state index contributed by atoms with van der Waals surface area (Å²) >= 11 is 0. The summed E-state index contributed by atoms with van der Waals surface area (Å²) in [6.45, 7) is 0.00281. The third-order valence-electron chi connectivity index (χ3n) is 3.27. The summed E-state index contributed by atoms with van der Waals surface area (Å²) in [6.07, 6.45) is -4.51. The first-order chi connectivity index (χ1) is 10.2. The molecule has 0 bridgehead atoms. The van der Waals surface area contributed by atoms with Crippen molar-refractivity contribution in [3.05, 3.63) is 29.8 Å². The minimum Gasteiger partial charge on any atom is -0.310 e. The molecule has 0 saturated carbocycles. The molecule has 1 heterocycles. The van der Waals surface area contributed by atoms with E-state index in [4.69, 9.17) is 0 Å². The van der Waals surface area contributed by atoms with E-state index in [0.717, 1.165) is 11.0 Å². The van der Waals surface area contributed by atoms with Crippen molar-refractivity contribution in [1.29, 1.82) is 0 Å². The Morgan fingerprint density at radius 2 is 1.91 bits per heavy atom. The number of anilines is 1. The van der Waals surface area contributed by atoms with Gasteiger partial charge in [-0.1, -0.05) is 12.1 Å². The van der Waals surface area contributed by atoms with Crippen molar-refractivity contribution in [2.75, 3.05) is 18.5 Å². The molecule has 1 amide bonds. The Kier molecular flexibility index (Phi) is 4.45. The van der Waals surface area contributed by atoms with E-state index in [1.165, 1.54) is 25.2 Å². The number of carbonyl (C=O) groups excluding carboxylic acids is 1. The summed E-state index contributed by atoms with van der Waals surface area (Å²) in [5.41, 5.74) is -1.20. The zero-order valence-electron chi connectivity index (χ0n) is 11.5. The predicted molar refractivity (Wildman–Crippen MR) is 73.3 cm³/mol. The van der Waals surface area contributed by atoms with Crippen molar-refractivity contribution in [3.63, 3.8) is 0 Å². The molecular formula is C12H14F3N3O3S. The molecule has 1 aliphatic heterocycles. The van der Waals surface area contributed by atoms with Gasteiger partial charge in [0.1, 0.15) is 6.04 Å². The van der Waals surface area contributed by atoms with E-state index in [2.05, 4.69) is 4.72 Å². The highest BCUT2D eigenvalue weighted by Crippen LogP contribution is 2.37. The third kappa shape index (κ3) is 3.39. The van der Waals surface area contributed by atoms with Gasteiger partial charge in [0, 0.05) is 13.6 Å².